The maximum Gasteiger partial charge on any atom is 0.270 e. The van der Waals surface area contributed by atoms with E-state index in [0.717, 1.165) is 5.56 Å². The number of nitrogens with zero attached hydrogens (tertiary/aromatic N) is 1. The summed E-state index contributed by atoms with van der Waals surface area (Å²) in [5.41, 5.74) is 2.41. The lowest BCUT2D eigenvalue weighted by Crippen LogP contribution is -2.41. The summed E-state index contributed by atoms with van der Waals surface area (Å²) in [7, 11) is -2.49. The van der Waals surface area contributed by atoms with Gasteiger partial charge < -0.3 is 5.32 Å². The Morgan fingerprint density at radius 3 is 2.24 bits per heavy atom. The van der Waals surface area contributed by atoms with Crippen LogP contribution >= 0.6 is 0 Å². The second-order valence-electron chi connectivity index (χ2n) is 6.19. The summed E-state index contributed by atoms with van der Waals surface area (Å²) in [5, 5.41) is 2.72. The van der Waals surface area contributed by atoms with E-state index in [4.69, 9.17) is 0 Å². The number of anilines is 1. The summed E-state index contributed by atoms with van der Waals surface area (Å²) in [4.78, 5) is 12.6. The van der Waals surface area contributed by atoms with Gasteiger partial charge in [0.1, 0.15) is 0 Å². The molecular formula is C19H20N2O3S. The van der Waals surface area contributed by atoms with Gasteiger partial charge in [-0.15, -0.1) is 0 Å². The molecule has 2 aromatic carbocycles. The van der Waals surface area contributed by atoms with Crippen LogP contribution in [0.1, 0.15) is 25.0 Å². The van der Waals surface area contributed by atoms with Crippen LogP contribution in [0, 0.1) is 0 Å². The number of carbonyl (C=O) groups excluding carboxylic acids is 1. The first-order valence-electron chi connectivity index (χ1n) is 8.03. The molecule has 130 valence electrons. The van der Waals surface area contributed by atoms with Crippen molar-refractivity contribution in [2.45, 2.75) is 19.9 Å². The van der Waals surface area contributed by atoms with Crippen LogP contribution in [0.4, 0.5) is 5.69 Å². The highest BCUT2D eigenvalue weighted by atomic mass is 32.2. The zero-order chi connectivity index (χ0) is 18.2. The van der Waals surface area contributed by atoms with Gasteiger partial charge in [-0.1, -0.05) is 48.5 Å². The predicted octanol–water partition coefficient (Wildman–Crippen LogP) is 2.75. The van der Waals surface area contributed by atoms with E-state index < -0.39 is 15.9 Å². The highest BCUT2D eigenvalue weighted by molar-refractivity contribution is 7.97. The summed E-state index contributed by atoms with van der Waals surface area (Å²) >= 11 is 0. The predicted molar refractivity (Wildman–Crippen MR) is 99.5 cm³/mol. The fourth-order valence-corrected chi connectivity index (χ4v) is 4.40. The molecule has 0 saturated carbocycles. The third-order valence-electron chi connectivity index (χ3n) is 4.05. The number of hydrogen-bond acceptors (Lipinski definition) is 3. The Bertz CT molecular complexity index is 948. The number of para-hydroxylation sites is 1. The molecule has 0 aliphatic carbocycles. The molecule has 5 nitrogen and oxygen atoms in total. The summed E-state index contributed by atoms with van der Waals surface area (Å²) < 4.78 is 27.3. The van der Waals surface area contributed by atoms with Crippen molar-refractivity contribution in [1.82, 2.24) is 5.32 Å². The highest BCUT2D eigenvalue weighted by Crippen LogP contribution is 2.41. The van der Waals surface area contributed by atoms with Crippen molar-refractivity contribution < 1.29 is 13.2 Å². The summed E-state index contributed by atoms with van der Waals surface area (Å²) in [6.45, 7) is 3.60. The molecule has 0 saturated heterocycles. The number of carbonyl (C=O) groups is 1. The molecule has 2 aromatic rings. The van der Waals surface area contributed by atoms with Crippen molar-refractivity contribution in [2.24, 2.45) is 0 Å². The molecule has 0 unspecified atom stereocenters. The molecule has 1 aliphatic heterocycles. The lowest BCUT2D eigenvalue weighted by Gasteiger charge is -2.31. The largest absolute Gasteiger partial charge is 0.349 e. The average Bonchev–Trinajstić information content (AvgIpc) is 2.58. The van der Waals surface area contributed by atoms with Crippen LogP contribution in [0.5, 0.6) is 0 Å². The second-order valence-corrected chi connectivity index (χ2v) is 8.09. The topological polar surface area (TPSA) is 66.5 Å². The Balaban J connectivity index is 2.39. The molecule has 0 atom stereocenters. The molecule has 1 N–H and O–H groups in total. The van der Waals surface area contributed by atoms with Gasteiger partial charge in [0.25, 0.3) is 15.9 Å². The number of rotatable bonds is 3. The van der Waals surface area contributed by atoms with Crippen LogP contribution < -0.4 is 9.62 Å². The number of sulfonamides is 1. The van der Waals surface area contributed by atoms with Gasteiger partial charge in [-0.3, -0.25) is 9.10 Å². The van der Waals surface area contributed by atoms with Gasteiger partial charge in [-0.2, -0.15) is 0 Å². The number of benzene rings is 2. The van der Waals surface area contributed by atoms with Gasteiger partial charge in [-0.25, -0.2) is 8.42 Å². The molecule has 1 amide bonds. The first-order chi connectivity index (χ1) is 11.8. The SMILES string of the molecule is CC(C)NC(=O)C1=C(c2ccccc2)c2ccccc2N(C)S1(=O)=O. The van der Waals surface area contributed by atoms with Gasteiger partial charge in [-0.05, 0) is 25.5 Å². The Morgan fingerprint density at radius 2 is 1.60 bits per heavy atom. The maximum atomic E-state index is 13.1. The third-order valence-corrected chi connectivity index (χ3v) is 5.87. The minimum atomic E-state index is -3.96. The lowest BCUT2D eigenvalue weighted by atomic mass is 9.95. The minimum Gasteiger partial charge on any atom is -0.349 e. The van der Waals surface area contributed by atoms with Gasteiger partial charge in [0.15, 0.2) is 4.91 Å². The van der Waals surface area contributed by atoms with Crippen molar-refractivity contribution in [2.75, 3.05) is 11.4 Å². The fraction of sp³-hybridized carbons (Fsp3) is 0.211. The zero-order valence-corrected chi connectivity index (χ0v) is 15.2. The Labute approximate surface area is 148 Å². The van der Waals surface area contributed by atoms with E-state index >= 15 is 0 Å². The lowest BCUT2D eigenvalue weighted by molar-refractivity contribution is -0.117. The van der Waals surface area contributed by atoms with Crippen LogP contribution in [-0.4, -0.2) is 27.4 Å². The molecule has 6 heteroatoms. The molecule has 25 heavy (non-hydrogen) atoms. The molecule has 3 rings (SSSR count). The molecule has 0 bridgehead atoms. The number of fused-ring (bicyclic) bond motifs is 1. The fourth-order valence-electron chi connectivity index (χ4n) is 2.93. The van der Waals surface area contributed by atoms with E-state index in [1.165, 1.54) is 11.4 Å². The molecule has 0 radical (unpaired) electrons. The first kappa shape index (κ1) is 17.2. The van der Waals surface area contributed by atoms with Crippen LogP contribution in [0.25, 0.3) is 5.57 Å². The van der Waals surface area contributed by atoms with E-state index in [0.29, 0.717) is 16.8 Å². The van der Waals surface area contributed by atoms with Crippen LogP contribution in [0.15, 0.2) is 59.5 Å². The van der Waals surface area contributed by atoms with Crippen molar-refractivity contribution in [1.29, 1.82) is 0 Å². The van der Waals surface area contributed by atoms with Gasteiger partial charge >= 0.3 is 0 Å². The highest BCUT2D eigenvalue weighted by Gasteiger charge is 2.39. The maximum absolute atomic E-state index is 13.1. The molecule has 0 spiro atoms. The van der Waals surface area contributed by atoms with Crippen molar-refractivity contribution >= 4 is 27.2 Å². The summed E-state index contributed by atoms with van der Waals surface area (Å²) in [6.07, 6.45) is 0. The molecule has 1 heterocycles. The molecule has 0 aromatic heterocycles. The van der Waals surface area contributed by atoms with Crippen molar-refractivity contribution in [3.05, 3.63) is 70.6 Å². The molecule has 0 fully saturated rings. The van der Waals surface area contributed by atoms with Crippen molar-refractivity contribution in [3.8, 4) is 0 Å². The smallest absolute Gasteiger partial charge is 0.270 e. The first-order valence-corrected chi connectivity index (χ1v) is 9.47. The van der Waals surface area contributed by atoms with Crippen LogP contribution in [0.3, 0.4) is 0 Å². The van der Waals surface area contributed by atoms with E-state index in [1.807, 2.05) is 42.5 Å². The van der Waals surface area contributed by atoms with E-state index in [1.54, 1.807) is 26.0 Å². The van der Waals surface area contributed by atoms with E-state index in [9.17, 15) is 13.2 Å². The Morgan fingerprint density at radius 1 is 1.00 bits per heavy atom. The number of hydrogen-bond donors (Lipinski definition) is 1. The molecular weight excluding hydrogens is 336 g/mol. The normalized spacial score (nSPS) is 15.9. The number of amides is 1. The second kappa shape index (κ2) is 6.37. The summed E-state index contributed by atoms with van der Waals surface area (Å²) in [6, 6.07) is 16.2. The monoisotopic (exact) mass is 356 g/mol. The van der Waals surface area contributed by atoms with E-state index in [-0.39, 0.29) is 10.9 Å². The average molecular weight is 356 g/mol. The number of nitrogens with one attached hydrogen (secondary N) is 1. The van der Waals surface area contributed by atoms with Gasteiger partial charge in [0, 0.05) is 24.2 Å². The third kappa shape index (κ3) is 2.93. The summed E-state index contributed by atoms with van der Waals surface area (Å²) in [5.74, 6) is -0.588. The van der Waals surface area contributed by atoms with E-state index in [2.05, 4.69) is 5.32 Å². The van der Waals surface area contributed by atoms with Crippen LogP contribution in [-0.2, 0) is 14.8 Å². The van der Waals surface area contributed by atoms with Crippen LogP contribution in [0.2, 0.25) is 0 Å². The van der Waals surface area contributed by atoms with Gasteiger partial charge in [0.05, 0.1) is 5.69 Å². The molecule has 1 aliphatic rings. The Kier molecular flexibility index (Phi) is 4.39. The standard InChI is InChI=1S/C19H20N2O3S/c1-13(2)20-19(22)18-17(14-9-5-4-6-10-14)15-11-7-8-12-16(15)21(3)25(18,23)24/h4-13H,1-3H3,(H,20,22). The Hall–Kier alpha value is -2.60. The zero-order valence-electron chi connectivity index (χ0n) is 14.4. The van der Waals surface area contributed by atoms with Crippen molar-refractivity contribution in [3.63, 3.8) is 0 Å². The minimum absolute atomic E-state index is 0.172. The quantitative estimate of drug-likeness (QED) is 0.920. The van der Waals surface area contributed by atoms with Gasteiger partial charge in [0.2, 0.25) is 0 Å².